The largest absolute Gasteiger partial charge is 0.493 e. The van der Waals surface area contributed by atoms with Gasteiger partial charge < -0.3 is 19.2 Å². The van der Waals surface area contributed by atoms with Crippen LogP contribution in [0.5, 0.6) is 11.5 Å². The fourth-order valence-corrected chi connectivity index (χ4v) is 2.73. The minimum absolute atomic E-state index is 0.0841. The Bertz CT molecular complexity index is 566. The van der Waals surface area contributed by atoms with Gasteiger partial charge in [0.1, 0.15) is 12.0 Å². The van der Waals surface area contributed by atoms with Crippen LogP contribution in [-0.2, 0) is 4.79 Å². The summed E-state index contributed by atoms with van der Waals surface area (Å²) in [6, 6.07) is 2.60. The van der Waals surface area contributed by atoms with Crippen molar-refractivity contribution in [2.75, 3.05) is 30.5 Å². The van der Waals surface area contributed by atoms with E-state index in [4.69, 9.17) is 9.47 Å². The summed E-state index contributed by atoms with van der Waals surface area (Å²) in [6.07, 6.45) is 2.36. The van der Waals surface area contributed by atoms with Gasteiger partial charge in [-0.05, 0) is 12.8 Å². The molecule has 8 heteroatoms. The Labute approximate surface area is 136 Å². The number of hydrogen-bond acceptors (Lipinski definition) is 6. The monoisotopic (exact) mass is 372 g/mol. The molecule has 1 fully saturated rings. The molecular formula is C14H17BrN2O5. The van der Waals surface area contributed by atoms with Crippen molar-refractivity contribution in [2.24, 2.45) is 0 Å². The number of ether oxygens (including phenoxy) is 2. The minimum atomic E-state index is -0.462. The van der Waals surface area contributed by atoms with Crippen LogP contribution in [0.4, 0.5) is 11.4 Å². The Balaban J connectivity index is 2.47. The van der Waals surface area contributed by atoms with Crippen molar-refractivity contribution in [1.82, 2.24) is 0 Å². The van der Waals surface area contributed by atoms with Crippen LogP contribution in [0, 0.1) is 10.1 Å². The van der Waals surface area contributed by atoms with E-state index in [2.05, 4.69) is 15.9 Å². The molecule has 1 aliphatic heterocycles. The van der Waals surface area contributed by atoms with Crippen LogP contribution in [-0.4, -0.2) is 42.8 Å². The second-order valence-electron chi connectivity index (χ2n) is 4.83. The lowest BCUT2D eigenvalue weighted by Gasteiger charge is -2.23. The molecule has 0 N–H and O–H groups in total. The predicted octanol–water partition coefficient (Wildman–Crippen LogP) is 2.54. The molecule has 0 spiro atoms. The van der Waals surface area contributed by atoms with Gasteiger partial charge in [0, 0.05) is 17.9 Å². The Hall–Kier alpha value is -1.83. The van der Waals surface area contributed by atoms with Crippen LogP contribution in [0.2, 0.25) is 0 Å². The summed E-state index contributed by atoms with van der Waals surface area (Å²) in [4.78, 5) is 23.8. The first-order chi connectivity index (χ1) is 10.6. The van der Waals surface area contributed by atoms with E-state index in [1.165, 1.54) is 13.2 Å². The van der Waals surface area contributed by atoms with E-state index in [-0.39, 0.29) is 11.7 Å². The number of aldehydes is 1. The highest BCUT2D eigenvalue weighted by atomic mass is 79.9. The number of nitro groups is 1. The lowest BCUT2D eigenvalue weighted by molar-refractivity contribution is -0.384. The molecule has 1 heterocycles. The lowest BCUT2D eigenvalue weighted by Crippen LogP contribution is -2.30. The first kappa shape index (κ1) is 16.5. The van der Waals surface area contributed by atoms with Gasteiger partial charge in [0.05, 0.1) is 30.7 Å². The molecule has 0 aromatic heterocycles. The maximum Gasteiger partial charge on any atom is 0.296 e. The van der Waals surface area contributed by atoms with Gasteiger partial charge in [-0.3, -0.25) is 10.1 Å². The third-order valence-electron chi connectivity index (χ3n) is 3.56. The zero-order valence-electron chi connectivity index (χ0n) is 12.2. The van der Waals surface area contributed by atoms with E-state index in [9.17, 15) is 14.9 Å². The van der Waals surface area contributed by atoms with Crippen molar-refractivity contribution < 1.29 is 19.2 Å². The van der Waals surface area contributed by atoms with Crippen molar-refractivity contribution >= 4 is 33.6 Å². The standard InChI is InChI=1S/C14H17BrN2O5/c1-21-13-7-11(16-5-2-3-10(16)9-18)12(17(19)20)8-14(13)22-6-4-15/h7-10H,2-6H2,1H3/t10-/m0/s1. The van der Waals surface area contributed by atoms with Crippen LogP contribution in [0.3, 0.4) is 0 Å². The molecule has 2 rings (SSSR count). The van der Waals surface area contributed by atoms with Crippen molar-refractivity contribution in [2.45, 2.75) is 18.9 Å². The van der Waals surface area contributed by atoms with Gasteiger partial charge in [0.25, 0.3) is 5.69 Å². The zero-order chi connectivity index (χ0) is 16.1. The van der Waals surface area contributed by atoms with Gasteiger partial charge in [-0.2, -0.15) is 0 Å². The van der Waals surface area contributed by atoms with Crippen LogP contribution in [0.15, 0.2) is 12.1 Å². The molecule has 7 nitrogen and oxygen atoms in total. The average molecular weight is 373 g/mol. The topological polar surface area (TPSA) is 81.9 Å². The highest BCUT2D eigenvalue weighted by Crippen LogP contribution is 2.41. The molecule has 1 aromatic rings. The summed E-state index contributed by atoms with van der Waals surface area (Å²) >= 11 is 3.24. The van der Waals surface area contributed by atoms with Gasteiger partial charge in [0.2, 0.25) is 0 Å². The first-order valence-corrected chi connectivity index (χ1v) is 8.01. The van der Waals surface area contributed by atoms with Gasteiger partial charge in [-0.1, -0.05) is 15.9 Å². The predicted molar refractivity (Wildman–Crippen MR) is 85.4 cm³/mol. The fraction of sp³-hybridized carbons (Fsp3) is 0.500. The van der Waals surface area contributed by atoms with Crippen molar-refractivity contribution in [3.8, 4) is 11.5 Å². The zero-order valence-corrected chi connectivity index (χ0v) is 13.7. The number of carbonyl (C=O) groups excluding carboxylic acids is 1. The molecular weight excluding hydrogens is 356 g/mol. The first-order valence-electron chi connectivity index (χ1n) is 6.89. The lowest BCUT2D eigenvalue weighted by atomic mass is 10.2. The summed E-state index contributed by atoms with van der Waals surface area (Å²) in [5.74, 6) is 0.734. The number of nitrogens with zero attached hydrogens (tertiary/aromatic N) is 2. The summed E-state index contributed by atoms with van der Waals surface area (Å²) in [5.41, 5.74) is 0.307. The molecule has 120 valence electrons. The molecule has 1 atom stereocenters. The quantitative estimate of drug-likeness (QED) is 0.316. The third kappa shape index (κ3) is 3.32. The van der Waals surface area contributed by atoms with Crippen molar-refractivity contribution in [1.29, 1.82) is 0 Å². The minimum Gasteiger partial charge on any atom is -0.493 e. The number of hydrogen-bond donors (Lipinski definition) is 0. The number of nitro benzene ring substituents is 1. The van der Waals surface area contributed by atoms with Crippen LogP contribution in [0.1, 0.15) is 12.8 Å². The van der Waals surface area contributed by atoms with E-state index in [0.29, 0.717) is 42.1 Å². The number of halogens is 1. The molecule has 1 aliphatic rings. The molecule has 0 amide bonds. The SMILES string of the molecule is COc1cc(N2CCC[C@H]2C=O)c([N+](=O)[O-])cc1OCCBr. The summed E-state index contributed by atoms with van der Waals surface area (Å²) in [6.45, 7) is 0.975. The Morgan fingerprint density at radius 3 is 2.86 bits per heavy atom. The van der Waals surface area contributed by atoms with Gasteiger partial charge >= 0.3 is 0 Å². The number of methoxy groups -OCH3 is 1. The molecule has 0 saturated carbocycles. The molecule has 0 radical (unpaired) electrons. The van der Waals surface area contributed by atoms with Crippen LogP contribution in [0.25, 0.3) is 0 Å². The third-order valence-corrected chi connectivity index (χ3v) is 3.88. The van der Waals surface area contributed by atoms with E-state index < -0.39 is 4.92 Å². The summed E-state index contributed by atoms with van der Waals surface area (Å²) in [7, 11) is 1.48. The van der Waals surface area contributed by atoms with E-state index >= 15 is 0 Å². The van der Waals surface area contributed by atoms with Crippen molar-refractivity contribution in [3.63, 3.8) is 0 Å². The summed E-state index contributed by atoms with van der Waals surface area (Å²) < 4.78 is 10.7. The van der Waals surface area contributed by atoms with E-state index in [1.807, 2.05) is 0 Å². The molecule has 0 bridgehead atoms. The van der Waals surface area contributed by atoms with E-state index in [1.54, 1.807) is 11.0 Å². The second kappa shape index (κ2) is 7.44. The molecule has 1 aromatic carbocycles. The number of carbonyl (C=O) groups is 1. The molecule has 0 unspecified atom stereocenters. The Morgan fingerprint density at radius 2 is 2.27 bits per heavy atom. The maximum atomic E-state index is 11.4. The number of anilines is 1. The molecule has 0 aliphatic carbocycles. The maximum absolute atomic E-state index is 11.4. The Kier molecular flexibility index (Phi) is 5.59. The van der Waals surface area contributed by atoms with Crippen molar-refractivity contribution in [3.05, 3.63) is 22.2 Å². The van der Waals surface area contributed by atoms with Gasteiger partial charge in [0.15, 0.2) is 11.5 Å². The molecule has 22 heavy (non-hydrogen) atoms. The van der Waals surface area contributed by atoms with Crippen LogP contribution >= 0.6 is 15.9 Å². The normalized spacial score (nSPS) is 17.4. The van der Waals surface area contributed by atoms with E-state index in [0.717, 1.165) is 12.7 Å². The fourth-order valence-electron chi connectivity index (χ4n) is 2.57. The van der Waals surface area contributed by atoms with Gasteiger partial charge in [-0.15, -0.1) is 0 Å². The number of alkyl halides is 1. The summed E-state index contributed by atoms with van der Waals surface area (Å²) in [5, 5.41) is 12.0. The highest BCUT2D eigenvalue weighted by molar-refractivity contribution is 9.09. The highest BCUT2D eigenvalue weighted by Gasteiger charge is 2.31. The smallest absolute Gasteiger partial charge is 0.296 e. The van der Waals surface area contributed by atoms with Gasteiger partial charge in [-0.25, -0.2) is 0 Å². The average Bonchev–Trinajstić information content (AvgIpc) is 3.00. The Morgan fingerprint density at radius 1 is 1.50 bits per heavy atom. The van der Waals surface area contributed by atoms with Crippen LogP contribution < -0.4 is 14.4 Å². The number of benzene rings is 1. The molecule has 1 saturated heterocycles. The second-order valence-corrected chi connectivity index (χ2v) is 5.62. The number of rotatable bonds is 7.